The Morgan fingerprint density at radius 2 is 1.89 bits per heavy atom. The molecule has 2 N–H and O–H groups in total. The van der Waals surface area contributed by atoms with Crippen molar-refractivity contribution in [3.63, 3.8) is 0 Å². The molecule has 104 valence electrons. The number of carbonyl (C=O) groups is 1. The summed E-state index contributed by atoms with van der Waals surface area (Å²) < 4.78 is 11.1. The summed E-state index contributed by atoms with van der Waals surface area (Å²) in [4.78, 5) is 11.3. The molecule has 4 heteroatoms. The van der Waals surface area contributed by atoms with Crippen molar-refractivity contribution in [2.24, 2.45) is 11.1 Å². The van der Waals surface area contributed by atoms with Gasteiger partial charge in [-0.2, -0.15) is 0 Å². The molecule has 0 fully saturated rings. The standard InChI is InChI=1S/C15H21NO3/c1-15(2,3)11(9-14(16)17)10-4-5-12-13(8-10)19-7-6-18-12/h4-5,8,11H,6-7,9H2,1-3H3,(H2,16,17). The average molecular weight is 263 g/mol. The van der Waals surface area contributed by atoms with E-state index >= 15 is 0 Å². The van der Waals surface area contributed by atoms with Crippen molar-refractivity contribution in [3.05, 3.63) is 23.8 Å². The van der Waals surface area contributed by atoms with Crippen LogP contribution in [-0.2, 0) is 4.79 Å². The molecule has 0 aliphatic carbocycles. The van der Waals surface area contributed by atoms with Crippen LogP contribution < -0.4 is 15.2 Å². The highest BCUT2D eigenvalue weighted by molar-refractivity contribution is 5.75. The number of ether oxygens (including phenoxy) is 2. The van der Waals surface area contributed by atoms with E-state index in [1.54, 1.807) is 0 Å². The van der Waals surface area contributed by atoms with Crippen LogP contribution in [-0.4, -0.2) is 19.1 Å². The van der Waals surface area contributed by atoms with Crippen LogP contribution in [0.2, 0.25) is 0 Å². The second-order valence-electron chi connectivity index (χ2n) is 5.99. The fraction of sp³-hybridized carbons (Fsp3) is 0.533. The number of hydrogen-bond donors (Lipinski definition) is 1. The van der Waals surface area contributed by atoms with Crippen LogP contribution in [0.15, 0.2) is 18.2 Å². The molecule has 0 saturated heterocycles. The topological polar surface area (TPSA) is 61.6 Å². The second-order valence-corrected chi connectivity index (χ2v) is 5.99. The van der Waals surface area contributed by atoms with E-state index in [0.29, 0.717) is 19.6 Å². The molecule has 1 atom stereocenters. The summed E-state index contributed by atoms with van der Waals surface area (Å²) >= 11 is 0. The van der Waals surface area contributed by atoms with Gasteiger partial charge in [0.2, 0.25) is 5.91 Å². The summed E-state index contributed by atoms with van der Waals surface area (Å²) in [5, 5.41) is 0. The molecule has 4 nitrogen and oxygen atoms in total. The number of amides is 1. The summed E-state index contributed by atoms with van der Waals surface area (Å²) in [5.41, 5.74) is 6.39. The Morgan fingerprint density at radius 3 is 2.47 bits per heavy atom. The molecule has 0 bridgehead atoms. The lowest BCUT2D eigenvalue weighted by atomic mass is 9.74. The van der Waals surface area contributed by atoms with Gasteiger partial charge in [0.25, 0.3) is 0 Å². The molecule has 1 heterocycles. The van der Waals surface area contributed by atoms with Crippen LogP contribution >= 0.6 is 0 Å². The number of primary amides is 1. The maximum absolute atomic E-state index is 11.3. The van der Waals surface area contributed by atoms with E-state index < -0.39 is 0 Å². The predicted octanol–water partition coefficient (Wildman–Crippen LogP) is 2.46. The number of benzene rings is 1. The van der Waals surface area contributed by atoms with E-state index in [1.165, 1.54) is 0 Å². The summed E-state index contributed by atoms with van der Waals surface area (Å²) in [6.07, 6.45) is 0.336. The van der Waals surface area contributed by atoms with E-state index in [2.05, 4.69) is 20.8 Å². The van der Waals surface area contributed by atoms with Gasteiger partial charge in [0.15, 0.2) is 11.5 Å². The molecule has 19 heavy (non-hydrogen) atoms. The van der Waals surface area contributed by atoms with Crippen molar-refractivity contribution in [3.8, 4) is 11.5 Å². The summed E-state index contributed by atoms with van der Waals surface area (Å²) in [6, 6.07) is 5.86. The van der Waals surface area contributed by atoms with Crippen molar-refractivity contribution in [1.29, 1.82) is 0 Å². The Bertz CT molecular complexity index is 477. The maximum atomic E-state index is 11.3. The first-order valence-electron chi connectivity index (χ1n) is 6.56. The molecule has 1 unspecified atom stereocenters. The van der Waals surface area contributed by atoms with Crippen LogP contribution in [0.25, 0.3) is 0 Å². The van der Waals surface area contributed by atoms with Crippen LogP contribution in [0.3, 0.4) is 0 Å². The minimum absolute atomic E-state index is 0.0429. The summed E-state index contributed by atoms with van der Waals surface area (Å²) in [7, 11) is 0. The van der Waals surface area contributed by atoms with E-state index in [4.69, 9.17) is 15.2 Å². The molecule has 1 aliphatic heterocycles. The maximum Gasteiger partial charge on any atom is 0.218 e. The summed E-state index contributed by atoms with van der Waals surface area (Å²) in [6.45, 7) is 7.47. The lowest BCUT2D eigenvalue weighted by Gasteiger charge is -2.31. The number of hydrogen-bond acceptors (Lipinski definition) is 3. The normalized spacial score (nSPS) is 15.9. The van der Waals surface area contributed by atoms with Gasteiger partial charge in [0, 0.05) is 6.42 Å². The fourth-order valence-electron chi connectivity index (χ4n) is 2.40. The second kappa shape index (κ2) is 5.11. The van der Waals surface area contributed by atoms with Gasteiger partial charge in [-0.1, -0.05) is 26.8 Å². The lowest BCUT2D eigenvalue weighted by molar-refractivity contribution is -0.118. The first kappa shape index (κ1) is 13.7. The summed E-state index contributed by atoms with van der Waals surface area (Å²) in [5.74, 6) is 1.31. The minimum atomic E-state index is -0.283. The fourth-order valence-corrected chi connectivity index (χ4v) is 2.40. The van der Waals surface area contributed by atoms with Gasteiger partial charge in [0.1, 0.15) is 13.2 Å². The van der Waals surface area contributed by atoms with Crippen LogP contribution in [0, 0.1) is 5.41 Å². The molecule has 0 radical (unpaired) electrons. The molecule has 1 aromatic rings. The molecule has 0 aromatic heterocycles. The highest BCUT2D eigenvalue weighted by Gasteiger charge is 2.29. The number of nitrogens with two attached hydrogens (primary N) is 1. The first-order valence-corrected chi connectivity index (χ1v) is 6.56. The van der Waals surface area contributed by atoms with Gasteiger partial charge in [0.05, 0.1) is 0 Å². The smallest absolute Gasteiger partial charge is 0.218 e. The van der Waals surface area contributed by atoms with Gasteiger partial charge >= 0.3 is 0 Å². The lowest BCUT2D eigenvalue weighted by Crippen LogP contribution is -2.25. The zero-order valence-electron chi connectivity index (χ0n) is 11.7. The van der Waals surface area contributed by atoms with E-state index in [0.717, 1.165) is 17.1 Å². The van der Waals surface area contributed by atoms with Crippen LogP contribution in [0.1, 0.15) is 38.7 Å². The Labute approximate surface area is 113 Å². The Hall–Kier alpha value is -1.71. The van der Waals surface area contributed by atoms with E-state index in [9.17, 15) is 4.79 Å². The van der Waals surface area contributed by atoms with E-state index in [1.807, 2.05) is 18.2 Å². The number of fused-ring (bicyclic) bond motifs is 1. The zero-order chi connectivity index (χ0) is 14.0. The third-order valence-electron chi connectivity index (χ3n) is 3.42. The number of rotatable bonds is 3. The molecule has 1 aliphatic rings. The van der Waals surface area contributed by atoms with Crippen molar-refractivity contribution >= 4 is 5.91 Å². The Kier molecular flexibility index (Phi) is 3.69. The first-order chi connectivity index (χ1) is 8.88. The van der Waals surface area contributed by atoms with Crippen molar-refractivity contribution in [2.45, 2.75) is 33.1 Å². The highest BCUT2D eigenvalue weighted by atomic mass is 16.6. The highest BCUT2D eigenvalue weighted by Crippen LogP contribution is 2.41. The van der Waals surface area contributed by atoms with Gasteiger partial charge in [-0.25, -0.2) is 0 Å². The van der Waals surface area contributed by atoms with Crippen LogP contribution in [0.5, 0.6) is 11.5 Å². The SMILES string of the molecule is CC(C)(C)C(CC(N)=O)c1ccc2c(c1)OCCO2. The van der Waals surface area contributed by atoms with Crippen molar-refractivity contribution in [2.75, 3.05) is 13.2 Å². The molecule has 0 spiro atoms. The molecule has 2 rings (SSSR count). The zero-order valence-corrected chi connectivity index (χ0v) is 11.7. The van der Waals surface area contributed by atoms with E-state index in [-0.39, 0.29) is 17.2 Å². The van der Waals surface area contributed by atoms with Gasteiger partial charge < -0.3 is 15.2 Å². The largest absolute Gasteiger partial charge is 0.486 e. The molecular weight excluding hydrogens is 242 g/mol. The minimum Gasteiger partial charge on any atom is -0.486 e. The van der Waals surface area contributed by atoms with Crippen LogP contribution in [0.4, 0.5) is 0 Å². The predicted molar refractivity (Wildman–Crippen MR) is 73.4 cm³/mol. The molecule has 1 amide bonds. The third kappa shape index (κ3) is 3.19. The Balaban J connectivity index is 2.34. The molecule has 0 saturated carbocycles. The van der Waals surface area contributed by atoms with Crippen molar-refractivity contribution in [1.82, 2.24) is 0 Å². The molecular formula is C15H21NO3. The Morgan fingerprint density at radius 1 is 1.26 bits per heavy atom. The monoisotopic (exact) mass is 263 g/mol. The van der Waals surface area contributed by atoms with Gasteiger partial charge in [-0.05, 0) is 29.0 Å². The quantitative estimate of drug-likeness (QED) is 0.911. The molecule has 1 aromatic carbocycles. The van der Waals surface area contributed by atoms with Gasteiger partial charge in [-0.3, -0.25) is 4.79 Å². The average Bonchev–Trinajstić information content (AvgIpc) is 2.34. The number of carbonyl (C=O) groups excluding carboxylic acids is 1. The van der Waals surface area contributed by atoms with Gasteiger partial charge in [-0.15, -0.1) is 0 Å². The van der Waals surface area contributed by atoms with Crippen molar-refractivity contribution < 1.29 is 14.3 Å². The third-order valence-corrected chi connectivity index (χ3v) is 3.42.